The third kappa shape index (κ3) is 4.41. The summed E-state index contributed by atoms with van der Waals surface area (Å²) in [5.74, 6) is 1.21. The molecule has 5 heteroatoms. The van der Waals surface area contributed by atoms with Crippen LogP contribution < -0.4 is 5.32 Å². The van der Waals surface area contributed by atoms with E-state index in [-0.39, 0.29) is 5.91 Å². The van der Waals surface area contributed by atoms with Gasteiger partial charge in [0, 0.05) is 25.4 Å². The van der Waals surface area contributed by atoms with Crippen molar-refractivity contribution in [3.8, 4) is 0 Å². The Bertz CT molecular complexity index is 591. The first-order valence-electron chi connectivity index (χ1n) is 8.47. The number of nitrogens with zero attached hydrogens (tertiary/aromatic N) is 3. The van der Waals surface area contributed by atoms with Crippen LogP contribution in [0, 0.1) is 5.92 Å². The molecule has 0 unspecified atom stereocenters. The maximum absolute atomic E-state index is 12.1. The zero-order valence-corrected chi connectivity index (χ0v) is 13.4. The lowest BCUT2D eigenvalue weighted by Crippen LogP contribution is -2.31. The van der Waals surface area contributed by atoms with E-state index >= 15 is 0 Å². The van der Waals surface area contributed by atoms with E-state index in [2.05, 4.69) is 39.8 Å². The molecule has 0 radical (unpaired) electrons. The summed E-state index contributed by atoms with van der Waals surface area (Å²) in [4.78, 5) is 12.1. The van der Waals surface area contributed by atoms with Crippen molar-refractivity contribution >= 4 is 5.91 Å². The number of aromatic nitrogens is 3. The van der Waals surface area contributed by atoms with Gasteiger partial charge in [0.05, 0.1) is 0 Å². The van der Waals surface area contributed by atoms with Gasteiger partial charge in [0.25, 0.3) is 0 Å². The fraction of sp³-hybridized carbons (Fsp3) is 0.500. The highest BCUT2D eigenvalue weighted by Crippen LogP contribution is 2.36. The quantitative estimate of drug-likeness (QED) is 0.855. The molecule has 23 heavy (non-hydrogen) atoms. The molecule has 0 aliphatic heterocycles. The van der Waals surface area contributed by atoms with Crippen molar-refractivity contribution in [3.05, 3.63) is 48.5 Å². The first-order valence-corrected chi connectivity index (χ1v) is 8.47. The molecule has 122 valence electrons. The number of amides is 1. The number of hydrogen-bond acceptors (Lipinski definition) is 3. The predicted molar refractivity (Wildman–Crippen MR) is 88.8 cm³/mol. The number of hydrogen-bond donors (Lipinski definition) is 1. The third-order valence-corrected chi connectivity index (χ3v) is 4.78. The van der Waals surface area contributed by atoms with E-state index < -0.39 is 0 Å². The van der Waals surface area contributed by atoms with Crippen molar-refractivity contribution in [1.29, 1.82) is 0 Å². The maximum atomic E-state index is 12.1. The van der Waals surface area contributed by atoms with Crippen LogP contribution in [0.1, 0.15) is 43.6 Å². The molecule has 1 heterocycles. The molecule has 1 aliphatic rings. The molecule has 0 saturated heterocycles. The lowest BCUT2D eigenvalue weighted by Gasteiger charge is -2.24. The predicted octanol–water partition coefficient (Wildman–Crippen LogP) is 2.76. The van der Waals surface area contributed by atoms with Gasteiger partial charge in [-0.3, -0.25) is 4.79 Å². The molecule has 1 aromatic heterocycles. The Labute approximate surface area is 137 Å². The molecule has 1 aromatic carbocycles. The molecule has 0 bridgehead atoms. The smallest absolute Gasteiger partial charge is 0.221 e. The standard InChI is InChI=1S/C18H24N4O/c23-18(10-11-22-13-20-21-14-22)19-12-17(16-8-4-5-9-16)15-6-2-1-3-7-15/h1-3,6-7,13-14,16-17H,4-5,8-12H2,(H,19,23)/t17-/m0/s1. The fourth-order valence-corrected chi connectivity index (χ4v) is 3.50. The third-order valence-electron chi connectivity index (χ3n) is 4.78. The molecule has 2 aromatic rings. The molecule has 1 saturated carbocycles. The number of nitrogens with one attached hydrogen (secondary N) is 1. The largest absolute Gasteiger partial charge is 0.355 e. The van der Waals surface area contributed by atoms with Gasteiger partial charge in [0.2, 0.25) is 5.91 Å². The molecule has 3 rings (SSSR count). The van der Waals surface area contributed by atoms with Crippen LogP contribution >= 0.6 is 0 Å². The lowest BCUT2D eigenvalue weighted by atomic mass is 9.85. The highest BCUT2D eigenvalue weighted by Gasteiger charge is 2.26. The first-order chi connectivity index (χ1) is 11.3. The van der Waals surface area contributed by atoms with Crippen LogP contribution in [-0.2, 0) is 11.3 Å². The highest BCUT2D eigenvalue weighted by atomic mass is 16.1. The van der Waals surface area contributed by atoms with Crippen molar-refractivity contribution in [2.24, 2.45) is 5.92 Å². The van der Waals surface area contributed by atoms with Crippen LogP contribution in [0.3, 0.4) is 0 Å². The summed E-state index contributed by atoms with van der Waals surface area (Å²) in [5.41, 5.74) is 1.35. The summed E-state index contributed by atoms with van der Waals surface area (Å²) in [6, 6.07) is 10.6. The van der Waals surface area contributed by atoms with Crippen LogP contribution in [0.4, 0.5) is 0 Å². The van der Waals surface area contributed by atoms with Crippen molar-refractivity contribution in [2.45, 2.75) is 44.6 Å². The van der Waals surface area contributed by atoms with Gasteiger partial charge in [-0.15, -0.1) is 10.2 Å². The topological polar surface area (TPSA) is 59.8 Å². The van der Waals surface area contributed by atoms with E-state index in [1.807, 2.05) is 10.6 Å². The van der Waals surface area contributed by atoms with Gasteiger partial charge in [-0.25, -0.2) is 0 Å². The number of carbonyl (C=O) groups excluding carboxylic acids is 1. The molecule has 1 atom stereocenters. The summed E-state index contributed by atoms with van der Waals surface area (Å²) < 4.78 is 1.82. The molecular weight excluding hydrogens is 288 g/mol. The van der Waals surface area contributed by atoms with E-state index in [4.69, 9.17) is 0 Å². The number of aryl methyl sites for hydroxylation is 1. The Hall–Kier alpha value is -2.17. The molecule has 1 fully saturated rings. The zero-order valence-electron chi connectivity index (χ0n) is 13.4. The summed E-state index contributed by atoms with van der Waals surface area (Å²) >= 11 is 0. The minimum Gasteiger partial charge on any atom is -0.355 e. The van der Waals surface area contributed by atoms with Crippen LogP contribution in [-0.4, -0.2) is 27.2 Å². The van der Waals surface area contributed by atoms with E-state index in [0.717, 1.165) is 6.54 Å². The van der Waals surface area contributed by atoms with Gasteiger partial charge in [0.1, 0.15) is 12.7 Å². The van der Waals surface area contributed by atoms with Crippen molar-refractivity contribution < 1.29 is 4.79 Å². The fourth-order valence-electron chi connectivity index (χ4n) is 3.50. The summed E-state index contributed by atoms with van der Waals surface area (Å²) in [6.45, 7) is 1.36. The van der Waals surface area contributed by atoms with Gasteiger partial charge >= 0.3 is 0 Å². The zero-order chi connectivity index (χ0) is 15.9. The Morgan fingerprint density at radius 3 is 2.57 bits per heavy atom. The van der Waals surface area contributed by atoms with Gasteiger partial charge in [0.15, 0.2) is 0 Å². The highest BCUT2D eigenvalue weighted by molar-refractivity contribution is 5.75. The van der Waals surface area contributed by atoms with Crippen LogP contribution in [0.25, 0.3) is 0 Å². The van der Waals surface area contributed by atoms with Crippen molar-refractivity contribution in [2.75, 3.05) is 6.54 Å². The minimum absolute atomic E-state index is 0.0950. The second-order valence-electron chi connectivity index (χ2n) is 6.32. The van der Waals surface area contributed by atoms with Gasteiger partial charge < -0.3 is 9.88 Å². The minimum atomic E-state index is 0.0950. The summed E-state index contributed by atoms with van der Waals surface area (Å²) in [5, 5.41) is 10.6. The Morgan fingerprint density at radius 1 is 1.17 bits per heavy atom. The molecule has 0 spiro atoms. The van der Waals surface area contributed by atoms with E-state index in [1.165, 1.54) is 31.2 Å². The second-order valence-corrected chi connectivity index (χ2v) is 6.32. The SMILES string of the molecule is O=C(CCn1cnnc1)NC[C@@H](c1ccccc1)C1CCCC1. The Balaban J connectivity index is 1.54. The number of carbonyl (C=O) groups is 1. The monoisotopic (exact) mass is 312 g/mol. The molecule has 1 N–H and O–H groups in total. The van der Waals surface area contributed by atoms with E-state index in [9.17, 15) is 4.79 Å². The average Bonchev–Trinajstić information content (AvgIpc) is 3.28. The molecule has 1 aliphatic carbocycles. The Morgan fingerprint density at radius 2 is 1.87 bits per heavy atom. The lowest BCUT2D eigenvalue weighted by molar-refractivity contribution is -0.121. The van der Waals surface area contributed by atoms with Crippen LogP contribution in [0.15, 0.2) is 43.0 Å². The summed E-state index contributed by atoms with van der Waals surface area (Å²) in [7, 11) is 0. The first kappa shape index (κ1) is 15.7. The van der Waals surface area contributed by atoms with Gasteiger partial charge in [-0.2, -0.15) is 0 Å². The van der Waals surface area contributed by atoms with Gasteiger partial charge in [-0.05, 0) is 24.3 Å². The molecular formula is C18H24N4O. The average molecular weight is 312 g/mol. The normalized spacial score (nSPS) is 16.3. The van der Waals surface area contributed by atoms with Crippen LogP contribution in [0.2, 0.25) is 0 Å². The van der Waals surface area contributed by atoms with E-state index in [0.29, 0.717) is 24.8 Å². The van der Waals surface area contributed by atoms with Crippen molar-refractivity contribution in [3.63, 3.8) is 0 Å². The van der Waals surface area contributed by atoms with Crippen molar-refractivity contribution in [1.82, 2.24) is 20.1 Å². The molecule has 1 amide bonds. The maximum Gasteiger partial charge on any atom is 0.221 e. The van der Waals surface area contributed by atoms with E-state index in [1.54, 1.807) is 12.7 Å². The molecule has 5 nitrogen and oxygen atoms in total. The van der Waals surface area contributed by atoms with Crippen LogP contribution in [0.5, 0.6) is 0 Å². The van der Waals surface area contributed by atoms with Gasteiger partial charge in [-0.1, -0.05) is 43.2 Å². The number of benzene rings is 1. The second kappa shape index (κ2) is 7.90. The number of rotatable bonds is 7. The summed E-state index contributed by atoms with van der Waals surface area (Å²) in [6.07, 6.45) is 8.92. The Kier molecular flexibility index (Phi) is 5.40.